The third kappa shape index (κ3) is 4.83. The smallest absolute Gasteiger partial charge is 0.191 e. The molecular formula is C16H26N4OS. The van der Waals surface area contributed by atoms with Gasteiger partial charge >= 0.3 is 0 Å². The minimum Gasteiger partial charge on any atom is -0.379 e. The molecule has 1 fully saturated rings. The van der Waals surface area contributed by atoms with E-state index in [0.29, 0.717) is 12.6 Å². The van der Waals surface area contributed by atoms with Gasteiger partial charge in [-0.1, -0.05) is 6.08 Å². The minimum absolute atomic E-state index is 0.352. The van der Waals surface area contributed by atoms with Crippen molar-refractivity contribution in [3.05, 3.63) is 34.5 Å². The molecule has 22 heavy (non-hydrogen) atoms. The summed E-state index contributed by atoms with van der Waals surface area (Å²) in [6.07, 6.45) is 1.83. The Kier molecular flexibility index (Phi) is 6.89. The zero-order chi connectivity index (χ0) is 15.8. The van der Waals surface area contributed by atoms with Crippen LogP contribution in [-0.2, 0) is 4.74 Å². The summed E-state index contributed by atoms with van der Waals surface area (Å²) >= 11 is 1.87. The van der Waals surface area contributed by atoms with Crippen molar-refractivity contribution in [2.24, 2.45) is 4.99 Å². The summed E-state index contributed by atoms with van der Waals surface area (Å²) in [5.41, 5.74) is 0. The van der Waals surface area contributed by atoms with Crippen molar-refractivity contribution in [2.75, 3.05) is 46.4 Å². The molecule has 122 valence electrons. The van der Waals surface area contributed by atoms with Crippen LogP contribution < -0.4 is 10.6 Å². The molecule has 1 aliphatic heterocycles. The van der Waals surface area contributed by atoms with Gasteiger partial charge in [0.1, 0.15) is 0 Å². The van der Waals surface area contributed by atoms with Gasteiger partial charge in [0, 0.05) is 43.0 Å². The van der Waals surface area contributed by atoms with Crippen molar-refractivity contribution in [3.63, 3.8) is 0 Å². The van der Waals surface area contributed by atoms with Crippen molar-refractivity contribution < 1.29 is 4.74 Å². The van der Waals surface area contributed by atoms with Gasteiger partial charge in [-0.25, -0.2) is 0 Å². The fourth-order valence-electron chi connectivity index (χ4n) is 2.51. The van der Waals surface area contributed by atoms with Gasteiger partial charge in [0.05, 0.1) is 19.3 Å². The first-order valence-electron chi connectivity index (χ1n) is 7.68. The summed E-state index contributed by atoms with van der Waals surface area (Å²) in [5.74, 6) is 0.812. The highest BCUT2D eigenvalue weighted by Gasteiger charge is 2.24. The Morgan fingerprint density at radius 2 is 2.23 bits per heavy atom. The molecular weight excluding hydrogens is 296 g/mol. The lowest BCUT2D eigenvalue weighted by Crippen LogP contribution is -2.46. The van der Waals surface area contributed by atoms with E-state index in [4.69, 9.17) is 4.74 Å². The molecule has 0 aromatic carbocycles. The molecule has 2 heterocycles. The molecule has 0 saturated carbocycles. The van der Waals surface area contributed by atoms with Crippen LogP contribution in [0.25, 0.3) is 0 Å². The number of ether oxygens (including phenoxy) is 1. The first-order chi connectivity index (χ1) is 10.7. The molecule has 6 heteroatoms. The summed E-state index contributed by atoms with van der Waals surface area (Å²) in [4.78, 5) is 9.48. The second kappa shape index (κ2) is 8.92. The highest BCUT2D eigenvalue weighted by atomic mass is 32.1. The molecule has 0 amide bonds. The molecule has 0 aliphatic carbocycles. The summed E-state index contributed by atoms with van der Waals surface area (Å²) in [6, 6.07) is 4.78. The minimum atomic E-state index is 0.352. The van der Waals surface area contributed by atoms with Gasteiger partial charge in [-0.05, 0) is 19.1 Å². The fraction of sp³-hybridized carbons (Fsp3) is 0.562. The number of aryl methyl sites for hydroxylation is 1. The number of nitrogens with zero attached hydrogens (tertiary/aromatic N) is 2. The van der Waals surface area contributed by atoms with E-state index in [-0.39, 0.29) is 0 Å². The summed E-state index contributed by atoms with van der Waals surface area (Å²) < 4.78 is 5.49. The molecule has 1 aromatic rings. The molecule has 2 N–H and O–H groups in total. The lowest BCUT2D eigenvalue weighted by molar-refractivity contribution is 0.0177. The second-order valence-corrected chi connectivity index (χ2v) is 6.55. The van der Waals surface area contributed by atoms with Crippen LogP contribution in [0.5, 0.6) is 0 Å². The number of morpholine rings is 1. The third-order valence-electron chi connectivity index (χ3n) is 3.68. The van der Waals surface area contributed by atoms with Gasteiger partial charge < -0.3 is 15.4 Å². The predicted octanol–water partition coefficient (Wildman–Crippen LogP) is 1.78. The Morgan fingerprint density at radius 3 is 2.82 bits per heavy atom. The first kappa shape index (κ1) is 17.0. The van der Waals surface area contributed by atoms with Gasteiger partial charge in [0.25, 0.3) is 0 Å². The van der Waals surface area contributed by atoms with E-state index in [2.05, 4.69) is 46.2 Å². The third-order valence-corrected chi connectivity index (χ3v) is 4.78. The Balaban J connectivity index is 2.02. The van der Waals surface area contributed by atoms with Crippen molar-refractivity contribution >= 4 is 17.3 Å². The molecule has 2 rings (SSSR count). The first-order valence-corrected chi connectivity index (χ1v) is 8.49. The SMILES string of the molecule is C=CCNC(=NC)NCC(c1ccc(C)s1)N1CCOCC1. The lowest BCUT2D eigenvalue weighted by atomic mass is 10.2. The van der Waals surface area contributed by atoms with Crippen LogP contribution >= 0.6 is 11.3 Å². The largest absolute Gasteiger partial charge is 0.379 e. The standard InChI is InChI=1S/C16H26N4OS/c1-4-7-18-16(17-3)19-12-14(15-6-5-13(2)22-15)20-8-10-21-11-9-20/h4-6,14H,1,7-12H2,2-3H3,(H2,17,18,19). The van der Waals surface area contributed by atoms with E-state index >= 15 is 0 Å². The summed E-state index contributed by atoms with van der Waals surface area (Å²) in [5, 5.41) is 6.64. The molecule has 1 aromatic heterocycles. The maximum Gasteiger partial charge on any atom is 0.191 e. The quantitative estimate of drug-likeness (QED) is 0.476. The Labute approximate surface area is 137 Å². The van der Waals surface area contributed by atoms with Crippen molar-refractivity contribution in [1.29, 1.82) is 0 Å². The van der Waals surface area contributed by atoms with E-state index in [1.54, 1.807) is 7.05 Å². The Hall–Kier alpha value is -1.37. The Bertz CT molecular complexity index is 494. The van der Waals surface area contributed by atoms with E-state index in [9.17, 15) is 0 Å². The Morgan fingerprint density at radius 1 is 1.45 bits per heavy atom. The average Bonchev–Trinajstić information content (AvgIpc) is 2.98. The number of thiophene rings is 1. The van der Waals surface area contributed by atoms with Crippen LogP contribution in [0.15, 0.2) is 29.8 Å². The maximum atomic E-state index is 5.49. The van der Waals surface area contributed by atoms with E-state index in [1.807, 2.05) is 17.4 Å². The number of hydrogen-bond donors (Lipinski definition) is 2. The number of rotatable bonds is 6. The van der Waals surface area contributed by atoms with Crippen LogP contribution in [0, 0.1) is 6.92 Å². The van der Waals surface area contributed by atoms with Crippen LogP contribution in [-0.4, -0.2) is 57.3 Å². The zero-order valence-electron chi connectivity index (χ0n) is 13.5. The summed E-state index contributed by atoms with van der Waals surface area (Å²) in [7, 11) is 1.79. The van der Waals surface area contributed by atoms with Crippen LogP contribution in [0.2, 0.25) is 0 Å². The van der Waals surface area contributed by atoms with Crippen molar-refractivity contribution in [3.8, 4) is 0 Å². The molecule has 1 atom stereocenters. The molecule has 5 nitrogen and oxygen atoms in total. The highest BCUT2D eigenvalue weighted by Crippen LogP contribution is 2.27. The van der Waals surface area contributed by atoms with Gasteiger partial charge in [-0.2, -0.15) is 0 Å². The molecule has 0 radical (unpaired) electrons. The van der Waals surface area contributed by atoms with Crippen LogP contribution in [0.1, 0.15) is 15.8 Å². The molecule has 1 saturated heterocycles. The van der Waals surface area contributed by atoms with Crippen molar-refractivity contribution in [2.45, 2.75) is 13.0 Å². The average molecular weight is 322 g/mol. The fourth-order valence-corrected chi connectivity index (χ4v) is 3.53. The number of aliphatic imine (C=N–C) groups is 1. The summed E-state index contributed by atoms with van der Waals surface area (Å²) in [6.45, 7) is 11.0. The van der Waals surface area contributed by atoms with Gasteiger partial charge in [-0.3, -0.25) is 9.89 Å². The monoisotopic (exact) mass is 322 g/mol. The molecule has 1 unspecified atom stereocenters. The maximum absolute atomic E-state index is 5.49. The molecule has 0 spiro atoms. The normalized spacial score (nSPS) is 18.0. The number of hydrogen-bond acceptors (Lipinski definition) is 4. The number of nitrogens with one attached hydrogen (secondary N) is 2. The van der Waals surface area contributed by atoms with Gasteiger partial charge in [-0.15, -0.1) is 17.9 Å². The second-order valence-electron chi connectivity index (χ2n) is 5.24. The highest BCUT2D eigenvalue weighted by molar-refractivity contribution is 7.12. The topological polar surface area (TPSA) is 48.9 Å². The lowest BCUT2D eigenvalue weighted by Gasteiger charge is -2.34. The van der Waals surface area contributed by atoms with Crippen molar-refractivity contribution in [1.82, 2.24) is 15.5 Å². The van der Waals surface area contributed by atoms with E-state index in [1.165, 1.54) is 9.75 Å². The van der Waals surface area contributed by atoms with Crippen LogP contribution in [0.4, 0.5) is 0 Å². The number of guanidine groups is 1. The van der Waals surface area contributed by atoms with E-state index < -0.39 is 0 Å². The zero-order valence-corrected chi connectivity index (χ0v) is 14.3. The van der Waals surface area contributed by atoms with Gasteiger partial charge in [0.15, 0.2) is 5.96 Å². The van der Waals surface area contributed by atoms with E-state index in [0.717, 1.165) is 38.8 Å². The van der Waals surface area contributed by atoms with Crippen LogP contribution in [0.3, 0.4) is 0 Å². The molecule has 1 aliphatic rings. The van der Waals surface area contributed by atoms with Gasteiger partial charge in [0.2, 0.25) is 0 Å². The molecule has 0 bridgehead atoms. The predicted molar refractivity (Wildman–Crippen MR) is 93.8 cm³/mol.